The predicted octanol–water partition coefficient (Wildman–Crippen LogP) is 3.26. The zero-order chi connectivity index (χ0) is 12.3. The molecule has 1 aromatic rings. The third kappa shape index (κ3) is 2.84. The molecule has 0 fully saturated rings. The van der Waals surface area contributed by atoms with Crippen molar-refractivity contribution in [3.05, 3.63) is 35.4 Å². The molecule has 1 aromatic carbocycles. The van der Waals surface area contributed by atoms with Crippen LogP contribution in [0.25, 0.3) is 0 Å². The van der Waals surface area contributed by atoms with E-state index in [0.29, 0.717) is 0 Å². The van der Waals surface area contributed by atoms with Crippen LogP contribution in [-0.4, -0.2) is 13.1 Å². The van der Waals surface area contributed by atoms with Gasteiger partial charge in [-0.3, -0.25) is 4.79 Å². The summed E-state index contributed by atoms with van der Waals surface area (Å²) in [5.74, 6) is -0.387. The van der Waals surface area contributed by atoms with Crippen LogP contribution in [0.5, 0.6) is 0 Å². The third-order valence-corrected chi connectivity index (χ3v) is 2.83. The molecule has 0 aliphatic rings. The Morgan fingerprint density at radius 2 is 1.69 bits per heavy atom. The molecule has 16 heavy (non-hydrogen) atoms. The highest BCUT2D eigenvalue weighted by Crippen LogP contribution is 2.24. The summed E-state index contributed by atoms with van der Waals surface area (Å²) in [6.07, 6.45) is 0. The van der Waals surface area contributed by atoms with Gasteiger partial charge in [-0.15, -0.1) is 0 Å². The van der Waals surface area contributed by atoms with Gasteiger partial charge in [-0.1, -0.05) is 45.0 Å². The number of methoxy groups -OCH3 is 1. The van der Waals surface area contributed by atoms with Crippen molar-refractivity contribution < 1.29 is 9.53 Å². The number of ether oxygens (including phenoxy) is 1. The molecule has 0 saturated heterocycles. The molecule has 0 aliphatic carbocycles. The second-order valence-corrected chi connectivity index (χ2v) is 5.12. The number of esters is 1. The summed E-state index contributed by atoms with van der Waals surface area (Å²) in [6.45, 7) is 8.38. The van der Waals surface area contributed by atoms with Gasteiger partial charge in [-0.25, -0.2) is 0 Å². The first-order valence-electron chi connectivity index (χ1n) is 5.54. The standard InChI is InChI=1S/C14H20O2/c1-10(13(15)16-5)11-6-8-12(9-7-11)14(2,3)4/h6-10H,1-5H3/t10-/m1/s1. The summed E-state index contributed by atoms with van der Waals surface area (Å²) in [5, 5.41) is 0. The monoisotopic (exact) mass is 220 g/mol. The molecule has 2 nitrogen and oxygen atoms in total. The van der Waals surface area contributed by atoms with Gasteiger partial charge in [0.05, 0.1) is 13.0 Å². The molecular weight excluding hydrogens is 200 g/mol. The normalized spacial score (nSPS) is 13.3. The number of carbonyl (C=O) groups excluding carboxylic acids is 1. The van der Waals surface area contributed by atoms with E-state index in [1.807, 2.05) is 19.1 Å². The molecule has 0 heterocycles. The fourth-order valence-corrected chi connectivity index (χ4v) is 1.58. The first-order valence-corrected chi connectivity index (χ1v) is 5.54. The summed E-state index contributed by atoms with van der Waals surface area (Å²) < 4.78 is 4.72. The third-order valence-electron chi connectivity index (χ3n) is 2.83. The lowest BCUT2D eigenvalue weighted by Gasteiger charge is -2.19. The van der Waals surface area contributed by atoms with Gasteiger partial charge in [0.15, 0.2) is 0 Å². The Morgan fingerprint density at radius 3 is 2.06 bits per heavy atom. The maximum Gasteiger partial charge on any atom is 0.312 e. The Kier molecular flexibility index (Phi) is 3.74. The fourth-order valence-electron chi connectivity index (χ4n) is 1.58. The smallest absolute Gasteiger partial charge is 0.312 e. The van der Waals surface area contributed by atoms with Gasteiger partial charge in [-0.05, 0) is 23.5 Å². The molecule has 0 amide bonds. The second kappa shape index (κ2) is 4.69. The SMILES string of the molecule is COC(=O)[C@H](C)c1ccc(C(C)(C)C)cc1. The van der Waals surface area contributed by atoms with Gasteiger partial charge in [-0.2, -0.15) is 0 Å². The van der Waals surface area contributed by atoms with E-state index in [9.17, 15) is 4.79 Å². The molecule has 0 N–H and O–H groups in total. The van der Waals surface area contributed by atoms with Crippen molar-refractivity contribution in [1.29, 1.82) is 0 Å². The zero-order valence-electron chi connectivity index (χ0n) is 10.7. The fraction of sp³-hybridized carbons (Fsp3) is 0.500. The van der Waals surface area contributed by atoms with Crippen molar-refractivity contribution in [2.75, 3.05) is 7.11 Å². The van der Waals surface area contributed by atoms with Crippen molar-refractivity contribution in [3.8, 4) is 0 Å². The van der Waals surface area contributed by atoms with E-state index in [2.05, 4.69) is 32.9 Å². The first kappa shape index (κ1) is 12.8. The van der Waals surface area contributed by atoms with Crippen LogP contribution in [0.2, 0.25) is 0 Å². The number of rotatable bonds is 2. The lowest BCUT2D eigenvalue weighted by atomic mass is 9.86. The summed E-state index contributed by atoms with van der Waals surface area (Å²) in [7, 11) is 1.42. The van der Waals surface area contributed by atoms with E-state index in [1.165, 1.54) is 12.7 Å². The summed E-state index contributed by atoms with van der Waals surface area (Å²) in [5.41, 5.74) is 2.42. The predicted molar refractivity (Wildman–Crippen MR) is 65.6 cm³/mol. The van der Waals surface area contributed by atoms with Gasteiger partial charge >= 0.3 is 5.97 Å². The van der Waals surface area contributed by atoms with E-state index < -0.39 is 0 Å². The first-order chi connectivity index (χ1) is 7.36. The molecule has 0 aliphatic heterocycles. The minimum atomic E-state index is -0.195. The minimum Gasteiger partial charge on any atom is -0.469 e. The van der Waals surface area contributed by atoms with Crippen LogP contribution in [0.15, 0.2) is 24.3 Å². The average molecular weight is 220 g/mol. The molecular formula is C14H20O2. The van der Waals surface area contributed by atoms with Crippen molar-refractivity contribution >= 4 is 5.97 Å². The molecule has 0 radical (unpaired) electrons. The van der Waals surface area contributed by atoms with E-state index >= 15 is 0 Å². The van der Waals surface area contributed by atoms with Gasteiger partial charge in [0.25, 0.3) is 0 Å². The molecule has 1 rings (SSSR count). The highest BCUT2D eigenvalue weighted by Gasteiger charge is 2.17. The molecule has 88 valence electrons. The van der Waals surface area contributed by atoms with E-state index in [1.54, 1.807) is 0 Å². The van der Waals surface area contributed by atoms with Crippen molar-refractivity contribution in [2.45, 2.75) is 39.0 Å². The van der Waals surface area contributed by atoms with Crippen LogP contribution in [-0.2, 0) is 14.9 Å². The maximum atomic E-state index is 11.4. The quantitative estimate of drug-likeness (QED) is 0.715. The molecule has 0 aromatic heterocycles. The van der Waals surface area contributed by atoms with Crippen LogP contribution < -0.4 is 0 Å². The van der Waals surface area contributed by atoms with E-state index in [-0.39, 0.29) is 17.3 Å². The van der Waals surface area contributed by atoms with Crippen LogP contribution >= 0.6 is 0 Å². The van der Waals surface area contributed by atoms with Gasteiger partial charge in [0.1, 0.15) is 0 Å². The van der Waals surface area contributed by atoms with E-state index in [4.69, 9.17) is 4.74 Å². The Morgan fingerprint density at radius 1 is 1.19 bits per heavy atom. The highest BCUT2D eigenvalue weighted by atomic mass is 16.5. The summed E-state index contributed by atoms with van der Waals surface area (Å²) in [4.78, 5) is 11.4. The van der Waals surface area contributed by atoms with Gasteiger partial charge in [0.2, 0.25) is 0 Å². The molecule has 0 spiro atoms. The lowest BCUT2D eigenvalue weighted by molar-refractivity contribution is -0.141. The number of hydrogen-bond acceptors (Lipinski definition) is 2. The van der Waals surface area contributed by atoms with Crippen LogP contribution in [0, 0.1) is 0 Å². The second-order valence-electron chi connectivity index (χ2n) is 5.12. The van der Waals surface area contributed by atoms with Crippen LogP contribution in [0.4, 0.5) is 0 Å². The number of hydrogen-bond donors (Lipinski definition) is 0. The molecule has 0 unspecified atom stereocenters. The zero-order valence-corrected chi connectivity index (χ0v) is 10.7. The average Bonchev–Trinajstić information content (AvgIpc) is 2.26. The van der Waals surface area contributed by atoms with Gasteiger partial charge < -0.3 is 4.74 Å². The molecule has 0 bridgehead atoms. The van der Waals surface area contributed by atoms with Crippen molar-refractivity contribution in [2.24, 2.45) is 0 Å². The Hall–Kier alpha value is -1.31. The molecule has 1 atom stereocenters. The number of carbonyl (C=O) groups is 1. The minimum absolute atomic E-state index is 0.146. The Labute approximate surface area is 97.6 Å². The number of benzene rings is 1. The highest BCUT2D eigenvalue weighted by molar-refractivity contribution is 5.77. The van der Waals surface area contributed by atoms with Crippen molar-refractivity contribution in [3.63, 3.8) is 0 Å². The van der Waals surface area contributed by atoms with Gasteiger partial charge in [0, 0.05) is 0 Å². The Balaban J connectivity index is 2.91. The topological polar surface area (TPSA) is 26.3 Å². The molecule has 0 saturated carbocycles. The maximum absolute atomic E-state index is 11.4. The summed E-state index contributed by atoms with van der Waals surface area (Å²) >= 11 is 0. The summed E-state index contributed by atoms with van der Waals surface area (Å²) in [6, 6.07) is 8.16. The van der Waals surface area contributed by atoms with Crippen molar-refractivity contribution in [1.82, 2.24) is 0 Å². The molecule has 2 heteroatoms. The Bertz CT molecular complexity index is 357. The lowest BCUT2D eigenvalue weighted by Crippen LogP contribution is -2.13. The largest absolute Gasteiger partial charge is 0.469 e. The van der Waals surface area contributed by atoms with E-state index in [0.717, 1.165) is 5.56 Å². The van der Waals surface area contributed by atoms with Crippen LogP contribution in [0.3, 0.4) is 0 Å². The van der Waals surface area contributed by atoms with Crippen LogP contribution in [0.1, 0.15) is 44.7 Å².